The Morgan fingerprint density at radius 1 is 0.947 bits per heavy atom. The predicted molar refractivity (Wildman–Crippen MR) is 135 cm³/mol. The highest BCUT2D eigenvalue weighted by molar-refractivity contribution is 5.81. The van der Waals surface area contributed by atoms with Gasteiger partial charge in [0.05, 0.1) is 5.39 Å². The number of fused-ring (bicyclic) bond motifs is 1. The zero-order chi connectivity index (χ0) is 27.6. The smallest absolute Gasteiger partial charge is 0.453 e. The first-order valence-corrected chi connectivity index (χ1v) is 11.8. The third kappa shape index (κ3) is 5.99. The standard InChI is InChI=1S/C29H25F3O6/c1-16(2)21-7-5-6-8-23(21)37-27-26(34)22-10-9-19(14-24(22)38-28(27)29(30,31)32)36-25(33)15-35-20-12-17(3)11-18(4)13-20/h5-14,16H,15H2,1-4H3. The van der Waals surface area contributed by atoms with E-state index in [1.54, 1.807) is 30.3 Å². The molecule has 0 spiro atoms. The van der Waals surface area contributed by atoms with Crippen molar-refractivity contribution in [2.45, 2.75) is 39.8 Å². The second-order valence-electron chi connectivity index (χ2n) is 9.13. The van der Waals surface area contributed by atoms with Gasteiger partial charge in [0.1, 0.15) is 22.8 Å². The minimum absolute atomic E-state index is 0.0656. The summed E-state index contributed by atoms with van der Waals surface area (Å²) >= 11 is 0. The van der Waals surface area contributed by atoms with E-state index >= 15 is 0 Å². The lowest BCUT2D eigenvalue weighted by molar-refractivity contribution is -0.154. The molecule has 0 saturated heterocycles. The summed E-state index contributed by atoms with van der Waals surface area (Å²) in [6.07, 6.45) is -5.03. The summed E-state index contributed by atoms with van der Waals surface area (Å²) < 4.78 is 63.1. The van der Waals surface area contributed by atoms with Gasteiger partial charge in [-0.15, -0.1) is 0 Å². The third-order valence-electron chi connectivity index (χ3n) is 5.62. The van der Waals surface area contributed by atoms with Crippen LogP contribution in [0.5, 0.6) is 23.0 Å². The minimum Gasteiger partial charge on any atom is -0.482 e. The molecule has 0 aliphatic heterocycles. The highest BCUT2D eigenvalue weighted by atomic mass is 19.4. The van der Waals surface area contributed by atoms with Crippen LogP contribution in [0.2, 0.25) is 0 Å². The number of carbonyl (C=O) groups excluding carboxylic acids is 1. The number of benzene rings is 3. The van der Waals surface area contributed by atoms with Crippen LogP contribution in [0.4, 0.5) is 13.2 Å². The highest BCUT2D eigenvalue weighted by Crippen LogP contribution is 2.40. The minimum atomic E-state index is -5.03. The number of aryl methyl sites for hydroxylation is 2. The Morgan fingerprint density at radius 3 is 2.29 bits per heavy atom. The molecule has 1 heterocycles. The number of alkyl halides is 3. The van der Waals surface area contributed by atoms with Gasteiger partial charge in [-0.2, -0.15) is 13.2 Å². The maximum atomic E-state index is 13.9. The lowest BCUT2D eigenvalue weighted by Gasteiger charge is -2.16. The van der Waals surface area contributed by atoms with Crippen molar-refractivity contribution in [1.29, 1.82) is 0 Å². The fourth-order valence-corrected chi connectivity index (χ4v) is 3.98. The first-order valence-electron chi connectivity index (χ1n) is 11.8. The molecular weight excluding hydrogens is 501 g/mol. The second kappa shape index (κ2) is 10.6. The van der Waals surface area contributed by atoms with E-state index in [0.717, 1.165) is 17.2 Å². The van der Waals surface area contributed by atoms with Crippen molar-refractivity contribution >= 4 is 16.9 Å². The van der Waals surface area contributed by atoms with Gasteiger partial charge in [0.15, 0.2) is 6.61 Å². The summed E-state index contributed by atoms with van der Waals surface area (Å²) in [4.78, 5) is 25.4. The fraction of sp³-hybridized carbons (Fsp3) is 0.241. The topological polar surface area (TPSA) is 75.0 Å². The first-order chi connectivity index (χ1) is 17.9. The zero-order valence-electron chi connectivity index (χ0n) is 21.1. The Bertz CT molecular complexity index is 1530. The van der Waals surface area contributed by atoms with Crippen molar-refractivity contribution < 1.29 is 36.6 Å². The summed E-state index contributed by atoms with van der Waals surface area (Å²) in [5.74, 6) is -2.92. The van der Waals surface area contributed by atoms with Crippen molar-refractivity contribution in [3.63, 3.8) is 0 Å². The SMILES string of the molecule is Cc1cc(C)cc(OCC(=O)Oc2ccc3c(=O)c(Oc4ccccc4C(C)C)c(C(F)(F)F)oc3c2)c1. The second-order valence-corrected chi connectivity index (χ2v) is 9.13. The van der Waals surface area contributed by atoms with Gasteiger partial charge in [-0.1, -0.05) is 38.1 Å². The Morgan fingerprint density at radius 2 is 1.63 bits per heavy atom. The predicted octanol–water partition coefficient (Wildman–Crippen LogP) is 7.33. The van der Waals surface area contributed by atoms with Gasteiger partial charge in [0, 0.05) is 6.07 Å². The van der Waals surface area contributed by atoms with Crippen LogP contribution in [0, 0.1) is 13.8 Å². The fourth-order valence-electron chi connectivity index (χ4n) is 3.98. The van der Waals surface area contributed by atoms with E-state index in [-0.39, 0.29) is 22.8 Å². The number of esters is 1. The molecule has 0 aliphatic rings. The molecule has 1 aromatic heterocycles. The average molecular weight is 527 g/mol. The van der Waals surface area contributed by atoms with Crippen molar-refractivity contribution in [3.05, 3.63) is 93.3 Å². The van der Waals surface area contributed by atoms with E-state index in [1.807, 2.05) is 33.8 Å². The Labute approximate surface area is 216 Å². The lowest BCUT2D eigenvalue weighted by Crippen LogP contribution is -2.18. The number of rotatable bonds is 7. The van der Waals surface area contributed by atoms with E-state index in [0.29, 0.717) is 11.3 Å². The maximum Gasteiger partial charge on any atom is 0.453 e. The third-order valence-corrected chi connectivity index (χ3v) is 5.62. The van der Waals surface area contributed by atoms with Gasteiger partial charge >= 0.3 is 12.1 Å². The molecule has 0 fully saturated rings. The van der Waals surface area contributed by atoms with Crippen LogP contribution in [-0.4, -0.2) is 12.6 Å². The van der Waals surface area contributed by atoms with Crippen LogP contribution in [0.15, 0.2) is 69.9 Å². The van der Waals surface area contributed by atoms with Crippen molar-refractivity contribution in [3.8, 4) is 23.0 Å². The highest BCUT2D eigenvalue weighted by Gasteiger charge is 2.40. The molecule has 198 valence electrons. The molecule has 4 aromatic rings. The van der Waals surface area contributed by atoms with Crippen LogP contribution >= 0.6 is 0 Å². The van der Waals surface area contributed by atoms with E-state index in [2.05, 4.69) is 0 Å². The lowest BCUT2D eigenvalue weighted by atomic mass is 10.0. The van der Waals surface area contributed by atoms with E-state index < -0.39 is 41.3 Å². The monoisotopic (exact) mass is 526 g/mol. The molecule has 6 nitrogen and oxygen atoms in total. The van der Waals surface area contributed by atoms with Gasteiger partial charge in [-0.25, -0.2) is 4.79 Å². The molecule has 4 rings (SSSR count). The van der Waals surface area contributed by atoms with Crippen LogP contribution in [-0.2, 0) is 11.0 Å². The zero-order valence-corrected chi connectivity index (χ0v) is 21.1. The molecule has 0 aliphatic carbocycles. The molecule has 0 atom stereocenters. The number of halogens is 3. The van der Waals surface area contributed by atoms with Crippen LogP contribution in [0.25, 0.3) is 11.0 Å². The molecule has 0 bridgehead atoms. The maximum absolute atomic E-state index is 13.9. The largest absolute Gasteiger partial charge is 0.482 e. The van der Waals surface area contributed by atoms with Gasteiger partial charge in [-0.3, -0.25) is 4.79 Å². The summed E-state index contributed by atoms with van der Waals surface area (Å²) in [7, 11) is 0. The van der Waals surface area contributed by atoms with Gasteiger partial charge in [0.2, 0.25) is 11.2 Å². The quantitative estimate of drug-likeness (QED) is 0.185. The molecule has 0 radical (unpaired) electrons. The molecule has 9 heteroatoms. The van der Waals surface area contributed by atoms with Crippen molar-refractivity contribution in [2.24, 2.45) is 0 Å². The first kappa shape index (κ1) is 26.8. The molecule has 3 aromatic carbocycles. The number of para-hydroxylation sites is 1. The number of hydrogen-bond donors (Lipinski definition) is 0. The summed E-state index contributed by atoms with van der Waals surface area (Å²) in [6, 6.07) is 15.5. The molecule has 0 saturated carbocycles. The van der Waals surface area contributed by atoms with E-state index in [1.165, 1.54) is 18.2 Å². The van der Waals surface area contributed by atoms with E-state index in [9.17, 15) is 22.8 Å². The van der Waals surface area contributed by atoms with Gasteiger partial charge < -0.3 is 18.6 Å². The van der Waals surface area contributed by atoms with Crippen molar-refractivity contribution in [1.82, 2.24) is 0 Å². The number of hydrogen-bond acceptors (Lipinski definition) is 6. The number of ether oxygens (including phenoxy) is 3. The van der Waals surface area contributed by atoms with Crippen LogP contribution in [0.1, 0.15) is 42.2 Å². The molecular formula is C29H25F3O6. The summed E-state index contributed by atoms with van der Waals surface area (Å²) in [5, 5.41) is -0.165. The molecule has 0 unspecified atom stereocenters. The van der Waals surface area contributed by atoms with Crippen LogP contribution in [0.3, 0.4) is 0 Å². The summed E-state index contributed by atoms with van der Waals surface area (Å²) in [6.45, 7) is 7.04. The van der Waals surface area contributed by atoms with E-state index in [4.69, 9.17) is 18.6 Å². The van der Waals surface area contributed by atoms with Gasteiger partial charge in [0.25, 0.3) is 5.76 Å². The summed E-state index contributed by atoms with van der Waals surface area (Å²) in [5.41, 5.74) is 1.12. The van der Waals surface area contributed by atoms with Crippen molar-refractivity contribution in [2.75, 3.05) is 6.61 Å². The average Bonchev–Trinajstić information content (AvgIpc) is 2.83. The van der Waals surface area contributed by atoms with Crippen LogP contribution < -0.4 is 19.6 Å². The number of carbonyl (C=O) groups is 1. The van der Waals surface area contributed by atoms with Gasteiger partial charge in [-0.05, 0) is 66.8 Å². The normalized spacial score (nSPS) is 11.6. The Balaban J connectivity index is 1.63. The Hall–Kier alpha value is -4.27. The Kier molecular flexibility index (Phi) is 7.48. The molecule has 0 amide bonds. The molecule has 0 N–H and O–H groups in total. The molecule has 38 heavy (non-hydrogen) atoms.